The number of benzene rings is 1. The molecule has 0 saturated heterocycles. The predicted octanol–water partition coefficient (Wildman–Crippen LogP) is 3.08. The molecule has 2 aromatic heterocycles. The van der Waals surface area contributed by atoms with Crippen molar-refractivity contribution in [1.82, 2.24) is 4.98 Å². The summed E-state index contributed by atoms with van der Waals surface area (Å²) in [6.45, 7) is 3.36. The summed E-state index contributed by atoms with van der Waals surface area (Å²) in [6.07, 6.45) is 1.57. The van der Waals surface area contributed by atoms with E-state index in [1.807, 2.05) is 31.2 Å². The van der Waals surface area contributed by atoms with Gasteiger partial charge >= 0.3 is 181 Å². The van der Waals surface area contributed by atoms with Gasteiger partial charge in [0.2, 0.25) is 0 Å². The molecule has 0 saturated carbocycles. The molecule has 1 aliphatic heterocycles. The number of carbonyl (C=O) groups is 1. The van der Waals surface area contributed by atoms with Gasteiger partial charge in [-0.15, -0.1) is 0 Å². The number of anilines is 2. The predicted molar refractivity (Wildman–Crippen MR) is 116 cm³/mol. The van der Waals surface area contributed by atoms with E-state index in [9.17, 15) is 10.1 Å². The number of nitriles is 1. The van der Waals surface area contributed by atoms with Crippen LogP contribution in [0.25, 0.3) is 0 Å². The second-order valence-electron chi connectivity index (χ2n) is 7.02. The number of furan rings is 1. The Balaban J connectivity index is 1.84. The van der Waals surface area contributed by atoms with Gasteiger partial charge in [0.15, 0.2) is 0 Å². The summed E-state index contributed by atoms with van der Waals surface area (Å²) in [6, 6.07) is 16.0. The number of Topliss-reactive ketones (excluding diaryl/α,β-unsaturated/α-hetero) is 1. The zero-order chi connectivity index (χ0) is 21.3. The van der Waals surface area contributed by atoms with Crippen molar-refractivity contribution in [2.24, 2.45) is 0 Å². The van der Waals surface area contributed by atoms with E-state index in [0.717, 1.165) is 5.32 Å². The molecule has 0 aliphatic carbocycles. The van der Waals surface area contributed by atoms with Gasteiger partial charge in [-0.05, 0) is 0 Å². The number of hydrogen-bond donors (Lipinski definition) is 2. The molecule has 150 valence electrons. The average molecular weight is 463 g/mol. The fourth-order valence-corrected chi connectivity index (χ4v) is 5.77. The van der Waals surface area contributed by atoms with Gasteiger partial charge in [0.25, 0.3) is 0 Å². The number of nitrogens with two attached hydrogens (primary N) is 1. The zero-order valence-corrected chi connectivity index (χ0v) is 18.3. The van der Waals surface area contributed by atoms with Crippen LogP contribution in [0.4, 0.5) is 11.5 Å². The average Bonchev–Trinajstić information content (AvgIpc) is 3.26. The Kier molecular flexibility index (Phi) is 5.45. The Hall–Kier alpha value is -3.33. The van der Waals surface area contributed by atoms with Gasteiger partial charge in [-0.1, -0.05) is 0 Å². The third-order valence-electron chi connectivity index (χ3n) is 5.06. The van der Waals surface area contributed by atoms with Gasteiger partial charge in [0.1, 0.15) is 0 Å². The van der Waals surface area contributed by atoms with Crippen molar-refractivity contribution in [3.8, 4) is 6.07 Å². The number of ketones is 1. The van der Waals surface area contributed by atoms with Crippen molar-refractivity contribution >= 4 is 36.8 Å². The molecule has 3 aromatic rings. The van der Waals surface area contributed by atoms with Crippen molar-refractivity contribution in [1.29, 1.82) is 5.26 Å². The van der Waals surface area contributed by atoms with E-state index in [-0.39, 0.29) is 20.7 Å². The minimum absolute atomic E-state index is 0.0735. The molecule has 0 bridgehead atoms. The second kappa shape index (κ2) is 8.19. The number of nitrogens with one attached hydrogen (secondary N) is 1. The molecule has 1 atom stereocenters. The standard InChI is InChI=1S/C23H20N4O2Se/c1-13-18(14(2)28)19(17-9-6-10-29-17)20-21(26-13)16(11-24)23(27-22(20)25)30-12-15-7-4-3-5-8-15/h3-10,19,26H,12H2,1-2H3,(H2,25,27). The molecule has 4 rings (SSSR count). The third kappa shape index (κ3) is 3.52. The van der Waals surface area contributed by atoms with E-state index in [0.29, 0.717) is 44.3 Å². The first-order chi connectivity index (χ1) is 14.5. The fourth-order valence-electron chi connectivity index (χ4n) is 3.77. The Morgan fingerprint density at radius 3 is 2.70 bits per heavy atom. The van der Waals surface area contributed by atoms with E-state index in [2.05, 4.69) is 28.5 Å². The van der Waals surface area contributed by atoms with Crippen LogP contribution in [0.15, 0.2) is 64.4 Å². The van der Waals surface area contributed by atoms with Gasteiger partial charge in [0, 0.05) is 0 Å². The number of nitrogen functional groups attached to an aromatic ring is 1. The monoisotopic (exact) mass is 464 g/mol. The number of pyridine rings is 1. The van der Waals surface area contributed by atoms with Gasteiger partial charge in [0.05, 0.1) is 0 Å². The number of hydrogen-bond acceptors (Lipinski definition) is 6. The molecular weight excluding hydrogens is 443 g/mol. The van der Waals surface area contributed by atoms with Crippen LogP contribution in [0.2, 0.25) is 0 Å². The van der Waals surface area contributed by atoms with Gasteiger partial charge < -0.3 is 0 Å². The second-order valence-corrected chi connectivity index (χ2v) is 9.04. The third-order valence-corrected chi connectivity index (χ3v) is 7.26. The Bertz CT molecular complexity index is 1180. The van der Waals surface area contributed by atoms with Crippen molar-refractivity contribution < 1.29 is 9.21 Å². The molecule has 3 N–H and O–H groups in total. The Morgan fingerprint density at radius 2 is 2.07 bits per heavy atom. The van der Waals surface area contributed by atoms with E-state index in [4.69, 9.17) is 10.2 Å². The first-order valence-electron chi connectivity index (χ1n) is 9.43. The summed E-state index contributed by atoms with van der Waals surface area (Å²) in [5, 5.41) is 14.0. The fraction of sp³-hybridized carbons (Fsp3) is 0.174. The molecule has 6 nitrogen and oxygen atoms in total. The summed E-state index contributed by atoms with van der Waals surface area (Å²) in [4.78, 5) is 17.1. The van der Waals surface area contributed by atoms with E-state index in [1.54, 1.807) is 12.3 Å². The van der Waals surface area contributed by atoms with Crippen LogP contribution in [-0.2, 0) is 10.1 Å². The summed E-state index contributed by atoms with van der Waals surface area (Å²) in [5.74, 6) is 0.336. The van der Waals surface area contributed by atoms with Crippen LogP contribution < -0.4 is 15.6 Å². The van der Waals surface area contributed by atoms with Crippen molar-refractivity contribution in [2.45, 2.75) is 25.1 Å². The van der Waals surface area contributed by atoms with Gasteiger partial charge in [-0.2, -0.15) is 0 Å². The molecule has 0 fully saturated rings. The Labute approximate surface area is 181 Å². The van der Waals surface area contributed by atoms with E-state index in [1.165, 1.54) is 12.5 Å². The Morgan fingerprint density at radius 1 is 1.30 bits per heavy atom. The quantitative estimate of drug-likeness (QED) is 0.564. The molecule has 0 amide bonds. The molecule has 30 heavy (non-hydrogen) atoms. The molecule has 7 heteroatoms. The maximum absolute atomic E-state index is 12.5. The number of fused-ring (bicyclic) bond motifs is 1. The number of nitrogens with zero attached hydrogens (tertiary/aromatic N) is 2. The maximum atomic E-state index is 12.5. The number of allylic oxidation sites excluding steroid dienone is 2. The zero-order valence-electron chi connectivity index (χ0n) is 16.6. The molecule has 1 aromatic carbocycles. The number of carbonyl (C=O) groups excluding carboxylic acids is 1. The van der Waals surface area contributed by atoms with Crippen LogP contribution in [0.5, 0.6) is 0 Å². The molecule has 0 radical (unpaired) electrons. The van der Waals surface area contributed by atoms with Gasteiger partial charge in [-0.25, -0.2) is 0 Å². The summed E-state index contributed by atoms with van der Waals surface area (Å²) in [7, 11) is 0. The van der Waals surface area contributed by atoms with E-state index >= 15 is 0 Å². The van der Waals surface area contributed by atoms with Crippen molar-refractivity contribution in [3.63, 3.8) is 0 Å². The van der Waals surface area contributed by atoms with Gasteiger partial charge in [-0.3, -0.25) is 0 Å². The molecule has 1 aliphatic rings. The SMILES string of the molecule is CC(=O)C1=C(C)Nc2c(C#N)c([Se]Cc3ccccc3)nc(N)c2C1c1ccco1. The first kappa shape index (κ1) is 20.0. The topological polar surface area (TPSA) is 105 Å². The summed E-state index contributed by atoms with van der Waals surface area (Å²) < 4.78 is 6.35. The molecule has 0 spiro atoms. The summed E-state index contributed by atoms with van der Waals surface area (Å²) in [5.41, 5.74) is 10.6. The van der Waals surface area contributed by atoms with Crippen LogP contribution in [0.3, 0.4) is 0 Å². The van der Waals surface area contributed by atoms with Crippen LogP contribution in [0, 0.1) is 11.3 Å². The van der Waals surface area contributed by atoms with Crippen molar-refractivity contribution in [2.75, 3.05) is 11.1 Å². The van der Waals surface area contributed by atoms with Crippen molar-refractivity contribution in [3.05, 3.63) is 82.4 Å². The van der Waals surface area contributed by atoms with Crippen LogP contribution in [0.1, 0.15) is 42.2 Å². The molecule has 3 heterocycles. The summed E-state index contributed by atoms with van der Waals surface area (Å²) >= 11 is -0.0735. The molecular formula is C23H20N4O2Se. The normalized spacial score (nSPS) is 15.3. The van der Waals surface area contributed by atoms with Crippen LogP contribution >= 0.6 is 0 Å². The van der Waals surface area contributed by atoms with Crippen LogP contribution in [-0.4, -0.2) is 25.7 Å². The molecule has 1 unspecified atom stereocenters. The minimum atomic E-state index is -0.496. The van der Waals surface area contributed by atoms with E-state index < -0.39 is 5.92 Å². The first-order valence-corrected chi connectivity index (χ1v) is 11.5. The number of aromatic nitrogens is 1. The number of rotatable bonds is 5.